The topological polar surface area (TPSA) is 61.4 Å². The molecule has 23 heavy (non-hydrogen) atoms. The number of halogens is 1. The van der Waals surface area contributed by atoms with Crippen LogP contribution in [0, 0.1) is 5.82 Å². The van der Waals surface area contributed by atoms with Crippen molar-refractivity contribution in [1.29, 1.82) is 0 Å². The third-order valence-electron chi connectivity index (χ3n) is 4.60. The number of nitrogens with one attached hydrogen (secondary N) is 1. The highest BCUT2D eigenvalue weighted by molar-refractivity contribution is 5.89. The van der Waals surface area contributed by atoms with E-state index in [0.717, 1.165) is 49.2 Å². The molecule has 0 radical (unpaired) electrons. The van der Waals surface area contributed by atoms with E-state index in [1.54, 1.807) is 6.07 Å². The Labute approximate surface area is 133 Å². The Morgan fingerprint density at radius 1 is 1.26 bits per heavy atom. The van der Waals surface area contributed by atoms with Gasteiger partial charge in [-0.05, 0) is 31.0 Å². The minimum Gasteiger partial charge on any atom is -0.354 e. The molecule has 2 aromatic rings. The standard InChI is InChI=1S/C16H18FN5O/c17-11-3-4-14-13(8-11)15(20-10-19-14)21-6-1-2-12(9-21)22-7-5-18-16(22)23/h3-4,8,10,12H,1-2,5-7,9H2,(H,18,23). The minimum atomic E-state index is -0.291. The van der Waals surface area contributed by atoms with E-state index >= 15 is 0 Å². The number of carbonyl (C=O) groups is 1. The van der Waals surface area contributed by atoms with Gasteiger partial charge in [0.25, 0.3) is 0 Å². The number of fused-ring (bicyclic) bond motifs is 1. The molecule has 2 aliphatic rings. The van der Waals surface area contributed by atoms with E-state index in [-0.39, 0.29) is 17.9 Å². The van der Waals surface area contributed by atoms with E-state index in [1.165, 1.54) is 18.5 Å². The highest BCUT2D eigenvalue weighted by atomic mass is 19.1. The van der Waals surface area contributed by atoms with Gasteiger partial charge in [0.05, 0.1) is 11.6 Å². The number of carbonyl (C=O) groups excluding carboxylic acids is 1. The molecular formula is C16H18FN5O. The van der Waals surface area contributed by atoms with E-state index in [2.05, 4.69) is 20.2 Å². The Kier molecular flexibility index (Phi) is 3.48. The first kappa shape index (κ1) is 14.2. The van der Waals surface area contributed by atoms with Gasteiger partial charge in [-0.15, -0.1) is 0 Å². The molecule has 0 bridgehead atoms. The Bertz CT molecular complexity index is 752. The molecule has 0 spiro atoms. The predicted molar refractivity (Wildman–Crippen MR) is 84.8 cm³/mol. The van der Waals surface area contributed by atoms with Gasteiger partial charge >= 0.3 is 6.03 Å². The highest BCUT2D eigenvalue weighted by Gasteiger charge is 2.32. The van der Waals surface area contributed by atoms with Crippen molar-refractivity contribution < 1.29 is 9.18 Å². The molecule has 120 valence electrons. The SMILES string of the molecule is O=C1NCCN1C1CCCN(c2ncnc3ccc(F)cc23)C1. The molecule has 0 saturated carbocycles. The van der Waals surface area contributed by atoms with Crippen molar-refractivity contribution in [1.82, 2.24) is 20.2 Å². The number of nitrogens with zero attached hydrogens (tertiary/aromatic N) is 4. The van der Waals surface area contributed by atoms with Crippen LogP contribution in [0.25, 0.3) is 10.9 Å². The summed E-state index contributed by atoms with van der Waals surface area (Å²) < 4.78 is 13.6. The third-order valence-corrected chi connectivity index (χ3v) is 4.60. The maximum atomic E-state index is 13.6. The fourth-order valence-electron chi connectivity index (χ4n) is 3.50. The molecule has 4 rings (SSSR count). The first-order valence-corrected chi connectivity index (χ1v) is 7.92. The Morgan fingerprint density at radius 3 is 3.00 bits per heavy atom. The van der Waals surface area contributed by atoms with E-state index in [4.69, 9.17) is 0 Å². The summed E-state index contributed by atoms with van der Waals surface area (Å²) in [6.07, 6.45) is 3.48. The number of piperidine rings is 1. The molecule has 1 aromatic heterocycles. The fraction of sp³-hybridized carbons (Fsp3) is 0.438. The normalized spacial score (nSPS) is 21.8. The predicted octanol–water partition coefficient (Wildman–Crippen LogP) is 1.76. The second kappa shape index (κ2) is 5.64. The lowest BCUT2D eigenvalue weighted by atomic mass is 10.0. The van der Waals surface area contributed by atoms with Gasteiger partial charge in [0.1, 0.15) is 18.0 Å². The van der Waals surface area contributed by atoms with E-state index in [0.29, 0.717) is 6.54 Å². The lowest BCUT2D eigenvalue weighted by Crippen LogP contribution is -2.49. The maximum Gasteiger partial charge on any atom is 0.317 e. The van der Waals surface area contributed by atoms with Gasteiger partial charge in [-0.25, -0.2) is 19.2 Å². The summed E-state index contributed by atoms with van der Waals surface area (Å²) in [6, 6.07) is 4.75. The molecule has 0 aliphatic carbocycles. The lowest BCUT2D eigenvalue weighted by molar-refractivity contribution is 0.189. The Morgan fingerprint density at radius 2 is 2.17 bits per heavy atom. The van der Waals surface area contributed by atoms with Crippen molar-refractivity contribution in [3.8, 4) is 0 Å². The number of benzene rings is 1. The average Bonchev–Trinajstić information content (AvgIpc) is 3.00. The van der Waals surface area contributed by atoms with Crippen LogP contribution in [0.5, 0.6) is 0 Å². The van der Waals surface area contributed by atoms with Crippen LogP contribution in [0.3, 0.4) is 0 Å². The quantitative estimate of drug-likeness (QED) is 0.917. The molecule has 1 unspecified atom stereocenters. The summed E-state index contributed by atoms with van der Waals surface area (Å²) in [5.41, 5.74) is 0.734. The fourth-order valence-corrected chi connectivity index (χ4v) is 3.50. The summed E-state index contributed by atoms with van der Waals surface area (Å²) in [5, 5.41) is 3.57. The van der Waals surface area contributed by atoms with E-state index in [1.807, 2.05) is 4.90 Å². The van der Waals surface area contributed by atoms with Crippen molar-refractivity contribution in [3.63, 3.8) is 0 Å². The van der Waals surface area contributed by atoms with Crippen molar-refractivity contribution in [2.24, 2.45) is 0 Å². The molecule has 2 fully saturated rings. The third kappa shape index (κ3) is 2.56. The largest absolute Gasteiger partial charge is 0.354 e. The molecule has 1 N–H and O–H groups in total. The van der Waals surface area contributed by atoms with Gasteiger partial charge in [-0.1, -0.05) is 0 Å². The van der Waals surface area contributed by atoms with Crippen LogP contribution in [0.1, 0.15) is 12.8 Å². The minimum absolute atomic E-state index is 0.00967. The Balaban J connectivity index is 1.65. The number of rotatable bonds is 2. The summed E-state index contributed by atoms with van der Waals surface area (Å²) >= 11 is 0. The molecule has 2 amide bonds. The Hall–Kier alpha value is -2.44. The summed E-state index contributed by atoms with van der Waals surface area (Å²) in [5.74, 6) is 0.458. The maximum absolute atomic E-state index is 13.6. The van der Waals surface area contributed by atoms with Crippen LogP contribution in [-0.2, 0) is 0 Å². The van der Waals surface area contributed by atoms with Crippen LogP contribution in [0.4, 0.5) is 15.0 Å². The van der Waals surface area contributed by atoms with Crippen LogP contribution < -0.4 is 10.2 Å². The number of anilines is 1. The summed E-state index contributed by atoms with van der Waals surface area (Å²) in [7, 11) is 0. The van der Waals surface area contributed by atoms with Crippen LogP contribution >= 0.6 is 0 Å². The molecule has 2 saturated heterocycles. The van der Waals surface area contributed by atoms with E-state index in [9.17, 15) is 9.18 Å². The monoisotopic (exact) mass is 315 g/mol. The van der Waals surface area contributed by atoms with E-state index < -0.39 is 0 Å². The number of aromatic nitrogens is 2. The van der Waals surface area contributed by atoms with Gasteiger partial charge in [0.2, 0.25) is 0 Å². The van der Waals surface area contributed by atoms with Crippen molar-refractivity contribution in [2.45, 2.75) is 18.9 Å². The molecule has 2 aliphatic heterocycles. The van der Waals surface area contributed by atoms with Crippen LogP contribution in [-0.4, -0.2) is 53.1 Å². The van der Waals surface area contributed by atoms with Crippen LogP contribution in [0.2, 0.25) is 0 Å². The van der Waals surface area contributed by atoms with Gasteiger partial charge in [0.15, 0.2) is 0 Å². The molecule has 3 heterocycles. The molecule has 1 aromatic carbocycles. The molecule has 1 atom stereocenters. The lowest BCUT2D eigenvalue weighted by Gasteiger charge is -2.37. The van der Waals surface area contributed by atoms with Crippen molar-refractivity contribution in [2.75, 3.05) is 31.1 Å². The van der Waals surface area contributed by atoms with Crippen molar-refractivity contribution in [3.05, 3.63) is 30.3 Å². The molecule has 7 heteroatoms. The zero-order valence-electron chi connectivity index (χ0n) is 12.7. The van der Waals surface area contributed by atoms with Crippen molar-refractivity contribution >= 4 is 22.8 Å². The zero-order valence-corrected chi connectivity index (χ0v) is 12.7. The molecule has 6 nitrogen and oxygen atoms in total. The number of urea groups is 1. The van der Waals surface area contributed by atoms with Gasteiger partial charge in [-0.2, -0.15) is 0 Å². The first-order chi connectivity index (χ1) is 11.2. The second-order valence-corrected chi connectivity index (χ2v) is 6.03. The average molecular weight is 315 g/mol. The number of hydrogen-bond acceptors (Lipinski definition) is 4. The van der Waals surface area contributed by atoms with Gasteiger partial charge < -0.3 is 15.1 Å². The van der Waals surface area contributed by atoms with Gasteiger partial charge in [0, 0.05) is 31.6 Å². The summed E-state index contributed by atoms with van der Waals surface area (Å²) in [4.78, 5) is 24.5. The highest BCUT2D eigenvalue weighted by Crippen LogP contribution is 2.27. The second-order valence-electron chi connectivity index (χ2n) is 6.03. The zero-order chi connectivity index (χ0) is 15.8. The molecular weight excluding hydrogens is 297 g/mol. The number of hydrogen-bond donors (Lipinski definition) is 1. The first-order valence-electron chi connectivity index (χ1n) is 7.92. The smallest absolute Gasteiger partial charge is 0.317 e. The van der Waals surface area contributed by atoms with Crippen LogP contribution in [0.15, 0.2) is 24.5 Å². The number of amides is 2. The van der Waals surface area contributed by atoms with Gasteiger partial charge in [-0.3, -0.25) is 0 Å². The summed E-state index contributed by atoms with van der Waals surface area (Å²) in [6.45, 7) is 3.03.